The lowest BCUT2D eigenvalue weighted by Gasteiger charge is -2.25. The van der Waals surface area contributed by atoms with E-state index in [1.807, 2.05) is 6.92 Å². The molecule has 0 bridgehead atoms. The lowest BCUT2D eigenvalue weighted by Crippen LogP contribution is -2.39. The van der Waals surface area contributed by atoms with Gasteiger partial charge >= 0.3 is 0 Å². The van der Waals surface area contributed by atoms with E-state index in [1.54, 1.807) is 24.3 Å². The highest BCUT2D eigenvalue weighted by Crippen LogP contribution is 2.44. The molecule has 152 valence electrons. The minimum absolute atomic E-state index is 0. The zero-order valence-electron chi connectivity index (χ0n) is 15.3. The molecule has 2 atom stereocenters. The average molecular weight is 429 g/mol. The molecule has 1 aliphatic rings. The molecule has 0 aliphatic heterocycles. The first-order chi connectivity index (χ1) is 13.0. The summed E-state index contributed by atoms with van der Waals surface area (Å²) in [5.41, 5.74) is 6.06. The van der Waals surface area contributed by atoms with E-state index in [0.29, 0.717) is 36.0 Å². The van der Waals surface area contributed by atoms with Crippen molar-refractivity contribution in [2.45, 2.75) is 31.8 Å². The number of carbonyl (C=O) groups is 1. The SMILES string of the molecule is C[C@@H](CNC=O)N[C@@H](c1ccc(Cl)c(Oc2ccc(N)nc2)c1F)C1CC1.Cl. The van der Waals surface area contributed by atoms with Crippen molar-refractivity contribution in [3.8, 4) is 11.5 Å². The van der Waals surface area contributed by atoms with Gasteiger partial charge in [-0.25, -0.2) is 9.37 Å². The molecule has 3 rings (SSSR count). The van der Waals surface area contributed by atoms with E-state index in [1.165, 1.54) is 6.20 Å². The summed E-state index contributed by atoms with van der Waals surface area (Å²) in [5.74, 6) is 0.497. The molecule has 9 heteroatoms. The van der Waals surface area contributed by atoms with Gasteiger partial charge < -0.3 is 21.1 Å². The molecule has 0 unspecified atom stereocenters. The van der Waals surface area contributed by atoms with E-state index in [4.69, 9.17) is 22.1 Å². The number of aromatic nitrogens is 1. The Morgan fingerprint density at radius 1 is 1.39 bits per heavy atom. The van der Waals surface area contributed by atoms with Gasteiger partial charge in [0, 0.05) is 24.2 Å². The Kier molecular flexibility index (Phi) is 7.86. The van der Waals surface area contributed by atoms with Crippen molar-refractivity contribution >= 4 is 36.2 Å². The summed E-state index contributed by atoms with van der Waals surface area (Å²) in [6, 6.07) is 6.29. The molecule has 2 aromatic rings. The predicted octanol–water partition coefficient (Wildman–Crippen LogP) is 3.85. The van der Waals surface area contributed by atoms with Crippen LogP contribution in [-0.4, -0.2) is 24.0 Å². The zero-order chi connectivity index (χ0) is 19.4. The summed E-state index contributed by atoms with van der Waals surface area (Å²) >= 11 is 6.18. The van der Waals surface area contributed by atoms with Crippen molar-refractivity contribution < 1.29 is 13.9 Å². The number of hydrogen-bond donors (Lipinski definition) is 3. The number of pyridine rings is 1. The maximum Gasteiger partial charge on any atom is 0.207 e. The third kappa shape index (κ3) is 5.47. The van der Waals surface area contributed by atoms with Gasteiger partial charge in [0.2, 0.25) is 6.41 Å². The first kappa shape index (κ1) is 22.2. The summed E-state index contributed by atoms with van der Waals surface area (Å²) in [5, 5.41) is 6.22. The molecule has 0 radical (unpaired) electrons. The fraction of sp³-hybridized carbons (Fsp3) is 0.368. The van der Waals surface area contributed by atoms with Crippen molar-refractivity contribution in [2.75, 3.05) is 12.3 Å². The molecular formula is C19H23Cl2FN4O2. The van der Waals surface area contributed by atoms with Crippen LogP contribution in [0.2, 0.25) is 5.02 Å². The molecular weight excluding hydrogens is 406 g/mol. The third-order valence-electron chi connectivity index (χ3n) is 4.46. The summed E-state index contributed by atoms with van der Waals surface area (Å²) in [6.07, 6.45) is 4.11. The van der Waals surface area contributed by atoms with Crippen LogP contribution in [0, 0.1) is 11.7 Å². The first-order valence-corrected chi connectivity index (χ1v) is 9.17. The topological polar surface area (TPSA) is 89.3 Å². The number of nitrogens with zero attached hydrogens (tertiary/aromatic N) is 1. The van der Waals surface area contributed by atoms with Crippen molar-refractivity contribution in [3.05, 3.63) is 46.9 Å². The van der Waals surface area contributed by atoms with Crippen molar-refractivity contribution in [1.29, 1.82) is 0 Å². The summed E-state index contributed by atoms with van der Waals surface area (Å²) in [7, 11) is 0. The monoisotopic (exact) mass is 428 g/mol. The van der Waals surface area contributed by atoms with Crippen LogP contribution < -0.4 is 21.1 Å². The van der Waals surface area contributed by atoms with Crippen molar-refractivity contribution in [3.63, 3.8) is 0 Å². The van der Waals surface area contributed by atoms with Crippen molar-refractivity contribution in [2.24, 2.45) is 5.92 Å². The number of hydrogen-bond acceptors (Lipinski definition) is 5. The van der Waals surface area contributed by atoms with E-state index < -0.39 is 5.82 Å². The highest BCUT2D eigenvalue weighted by molar-refractivity contribution is 6.32. The summed E-state index contributed by atoms with van der Waals surface area (Å²) in [4.78, 5) is 14.4. The Morgan fingerprint density at radius 2 is 2.14 bits per heavy atom. The molecule has 4 N–H and O–H groups in total. The van der Waals surface area contributed by atoms with Gasteiger partial charge in [0.1, 0.15) is 11.6 Å². The zero-order valence-corrected chi connectivity index (χ0v) is 16.9. The Labute approximate surface area is 174 Å². The maximum atomic E-state index is 15.3. The standard InChI is InChI=1S/C19H22ClFN4O2.ClH/c1-11(8-23-10-26)25-18(12-2-3-12)14-5-6-15(20)19(17(14)21)27-13-4-7-16(22)24-9-13;/h4-7,9-12,18,25H,2-3,8H2,1H3,(H2,22,24)(H,23,26);1H/t11-,18+;/m0./s1. The van der Waals surface area contributed by atoms with Crippen LogP contribution in [0.3, 0.4) is 0 Å². The van der Waals surface area contributed by atoms with Gasteiger partial charge in [-0.3, -0.25) is 4.79 Å². The molecule has 28 heavy (non-hydrogen) atoms. The number of nitrogens with one attached hydrogen (secondary N) is 2. The van der Waals surface area contributed by atoms with Gasteiger partial charge in [-0.05, 0) is 43.9 Å². The number of nitrogen functional groups attached to an aromatic ring is 1. The first-order valence-electron chi connectivity index (χ1n) is 8.80. The molecule has 1 fully saturated rings. The van der Waals surface area contributed by atoms with E-state index in [2.05, 4.69) is 15.6 Å². The van der Waals surface area contributed by atoms with Gasteiger partial charge in [0.15, 0.2) is 11.6 Å². The average Bonchev–Trinajstić information content (AvgIpc) is 3.48. The minimum atomic E-state index is -0.501. The Bertz CT molecular complexity index is 803. The second kappa shape index (κ2) is 9.91. The van der Waals surface area contributed by atoms with Gasteiger partial charge in [-0.15, -0.1) is 12.4 Å². The Balaban J connectivity index is 0.00000280. The highest BCUT2D eigenvalue weighted by Gasteiger charge is 2.35. The lowest BCUT2D eigenvalue weighted by molar-refractivity contribution is -0.109. The van der Waals surface area contributed by atoms with Crippen LogP contribution in [0.4, 0.5) is 10.2 Å². The lowest BCUT2D eigenvalue weighted by atomic mass is 10.00. The predicted molar refractivity (Wildman–Crippen MR) is 110 cm³/mol. The van der Waals surface area contributed by atoms with Crippen LogP contribution in [0.15, 0.2) is 30.5 Å². The van der Waals surface area contributed by atoms with E-state index in [-0.39, 0.29) is 35.3 Å². The van der Waals surface area contributed by atoms with Crippen LogP contribution in [0.5, 0.6) is 11.5 Å². The third-order valence-corrected chi connectivity index (χ3v) is 4.76. The van der Waals surface area contributed by atoms with E-state index in [9.17, 15) is 4.79 Å². The molecule has 1 aromatic heterocycles. The normalized spacial score (nSPS) is 15.2. The molecule has 1 aliphatic carbocycles. The van der Waals surface area contributed by atoms with Gasteiger partial charge in [0.05, 0.1) is 11.2 Å². The number of nitrogens with two attached hydrogens (primary N) is 1. The molecule has 0 spiro atoms. The molecule has 0 saturated heterocycles. The van der Waals surface area contributed by atoms with Gasteiger partial charge in [-0.1, -0.05) is 17.7 Å². The number of rotatable bonds is 9. The molecule has 6 nitrogen and oxygen atoms in total. The number of halogens is 3. The molecule has 1 saturated carbocycles. The van der Waals surface area contributed by atoms with Crippen LogP contribution in [-0.2, 0) is 4.79 Å². The van der Waals surface area contributed by atoms with Gasteiger partial charge in [0.25, 0.3) is 0 Å². The summed E-state index contributed by atoms with van der Waals surface area (Å²) in [6.45, 7) is 2.40. The largest absolute Gasteiger partial charge is 0.451 e. The number of anilines is 1. The molecule has 1 amide bonds. The quantitative estimate of drug-likeness (QED) is 0.527. The second-order valence-corrected chi connectivity index (χ2v) is 7.12. The maximum absolute atomic E-state index is 15.3. The molecule has 1 aromatic carbocycles. The Hall–Kier alpha value is -2.09. The number of ether oxygens (including phenoxy) is 1. The minimum Gasteiger partial charge on any atom is -0.451 e. The highest BCUT2D eigenvalue weighted by atomic mass is 35.5. The van der Waals surface area contributed by atoms with Crippen LogP contribution in [0.25, 0.3) is 0 Å². The number of carbonyl (C=O) groups excluding carboxylic acids is 1. The van der Waals surface area contributed by atoms with E-state index >= 15 is 4.39 Å². The number of benzene rings is 1. The molecule has 1 heterocycles. The Morgan fingerprint density at radius 3 is 2.75 bits per heavy atom. The van der Waals surface area contributed by atoms with Gasteiger partial charge in [-0.2, -0.15) is 0 Å². The number of amides is 1. The smallest absolute Gasteiger partial charge is 0.207 e. The second-order valence-electron chi connectivity index (χ2n) is 6.71. The van der Waals surface area contributed by atoms with Crippen LogP contribution >= 0.6 is 24.0 Å². The van der Waals surface area contributed by atoms with Crippen LogP contribution in [0.1, 0.15) is 31.4 Å². The van der Waals surface area contributed by atoms with Crippen molar-refractivity contribution in [1.82, 2.24) is 15.6 Å². The fourth-order valence-corrected chi connectivity index (χ4v) is 3.14. The summed E-state index contributed by atoms with van der Waals surface area (Å²) < 4.78 is 20.9. The van der Waals surface area contributed by atoms with E-state index in [0.717, 1.165) is 12.8 Å². The fourth-order valence-electron chi connectivity index (χ4n) is 2.95.